The van der Waals surface area contributed by atoms with Crippen LogP contribution in [0.5, 0.6) is 34.5 Å². The van der Waals surface area contributed by atoms with Gasteiger partial charge in [-0.1, -0.05) is 120 Å². The number of ether oxygens (including phenoxy) is 5. The summed E-state index contributed by atoms with van der Waals surface area (Å²) in [7, 11) is 0. The van der Waals surface area contributed by atoms with Crippen molar-refractivity contribution in [2.75, 3.05) is 6.61 Å². The van der Waals surface area contributed by atoms with E-state index in [4.69, 9.17) is 23.7 Å². The van der Waals surface area contributed by atoms with Crippen LogP contribution in [-0.2, 0) is 42.9 Å². The second kappa shape index (κ2) is 27.1. The summed E-state index contributed by atoms with van der Waals surface area (Å²) in [4.78, 5) is 107. The summed E-state index contributed by atoms with van der Waals surface area (Å²) in [6, 6.07) is 26.3. The fraction of sp³-hybridized carbons (Fsp3) is 0.377. The molecule has 10 N–H and O–H groups in total. The summed E-state index contributed by atoms with van der Waals surface area (Å²) in [5.74, 6) is -10.4. The number of nitrogens with one attached hydrogen (secondary N) is 1. The number of aldehydes is 2. The predicted octanol–water partition coefficient (Wildman–Crippen LogP) is 10.1. The number of rotatable bonds is 15. The molecule has 2 saturated carbocycles. The Balaban J connectivity index is 0.000000243. The molecule has 11 atom stereocenters. The van der Waals surface area contributed by atoms with E-state index in [1.54, 1.807) is 146 Å². The summed E-state index contributed by atoms with van der Waals surface area (Å²) in [5, 5.41) is 107. The topological polar surface area (TPSA) is 377 Å². The number of aryl methyl sites for hydroxylation is 2. The largest absolute Gasteiger partial charge is 0.507 e. The number of ketones is 1. The molecule has 3 aliphatic carbocycles. The van der Waals surface area contributed by atoms with Gasteiger partial charge in [0, 0.05) is 70.7 Å². The van der Waals surface area contributed by atoms with Gasteiger partial charge in [0.1, 0.15) is 35.4 Å². The maximum absolute atomic E-state index is 15.5. The zero-order chi connectivity index (χ0) is 73.3. The Bertz CT molecular complexity index is 4400. The van der Waals surface area contributed by atoms with Crippen LogP contribution < -0.4 is 5.32 Å². The smallest absolute Gasteiger partial charge is 0.338 e. The van der Waals surface area contributed by atoms with Gasteiger partial charge in [0.2, 0.25) is 0 Å². The van der Waals surface area contributed by atoms with Crippen LogP contribution in [0.25, 0.3) is 32.7 Å². The normalized spacial score (nSPS) is 24.2. The van der Waals surface area contributed by atoms with E-state index in [-0.39, 0.29) is 80.2 Å². The standard InChI is InChI=1S/C47H51NO14.C30H30O8/c1-25-31(60-43(56)36(52)35(28-16-10-7-11-17-28)48-41(54)29-18-12-8-13-19-29)23-47(57)40(61-42(55)30-20-14-9-15-21-30)38-45(6,32(51)22-33-46(38,24-58-33)62-27(3)50)39(53)37(59-26(2)49)34(25)44(47,4)5;1-11(2)19-15-7-13(5)21(27(35)23(15)17(9-31)25(33)29(19)37)22-14(6)8-16-20(12(3)4)30(38)26(34)18(10-32)24(16)28(22)36/h7-21,31-33,35-38,40,51-52,57H,22-24H2,1-6H3,(H,48,54);7-12,33-38H,1-6H3/t31-,32-,33+,35-,36+,37+,38-,40-,45+,46-,47+;/m0./s1. The summed E-state index contributed by atoms with van der Waals surface area (Å²) in [6.07, 6.45) is -9.83. The number of aliphatic hydroxyl groups is 3. The minimum absolute atomic E-state index is 0.00289. The monoisotopic (exact) mass is 1370 g/mol. The molecule has 23 nitrogen and oxygen atoms in total. The zero-order valence-electron chi connectivity index (χ0n) is 57.2. The zero-order valence-corrected chi connectivity index (χ0v) is 57.2. The van der Waals surface area contributed by atoms with Gasteiger partial charge >= 0.3 is 23.9 Å². The van der Waals surface area contributed by atoms with Crippen molar-refractivity contribution < 1.29 is 108 Å². The number of phenolic OH excluding ortho intramolecular Hbond substituents is 6. The van der Waals surface area contributed by atoms with Gasteiger partial charge in [-0.25, -0.2) is 9.59 Å². The number of aliphatic hydroxyl groups excluding tert-OH is 2. The molecule has 23 heteroatoms. The first-order chi connectivity index (χ1) is 47.1. The Morgan fingerprint density at radius 3 is 1.57 bits per heavy atom. The van der Waals surface area contributed by atoms with Crippen LogP contribution in [0.3, 0.4) is 0 Å². The maximum Gasteiger partial charge on any atom is 0.338 e. The van der Waals surface area contributed by atoms with Gasteiger partial charge < -0.3 is 75.0 Å². The molecule has 2 bridgehead atoms. The third kappa shape index (κ3) is 11.8. The molecule has 0 radical (unpaired) electrons. The van der Waals surface area contributed by atoms with Gasteiger partial charge in [-0.05, 0) is 102 Å². The summed E-state index contributed by atoms with van der Waals surface area (Å²) < 4.78 is 30.3. The van der Waals surface area contributed by atoms with E-state index in [1.165, 1.54) is 26.0 Å². The van der Waals surface area contributed by atoms with E-state index in [0.717, 1.165) is 13.8 Å². The molecule has 4 aliphatic rings. The van der Waals surface area contributed by atoms with Crippen LogP contribution in [0.1, 0.15) is 169 Å². The first kappa shape index (κ1) is 72.5. The van der Waals surface area contributed by atoms with Crippen molar-refractivity contribution in [2.45, 2.75) is 162 Å². The molecule has 3 fully saturated rings. The number of Topliss-reactive ketones (excluding diaryl/α,β-unsaturated/α-hetero) is 1. The van der Waals surface area contributed by atoms with Crippen molar-refractivity contribution in [1.29, 1.82) is 0 Å². The highest BCUT2D eigenvalue weighted by Gasteiger charge is 2.78. The summed E-state index contributed by atoms with van der Waals surface area (Å²) in [5.41, 5.74) is -5.69. The van der Waals surface area contributed by atoms with Crippen molar-refractivity contribution in [3.8, 4) is 45.6 Å². The van der Waals surface area contributed by atoms with Gasteiger partial charge in [0.15, 0.2) is 59.2 Å². The number of carbonyl (C=O) groups is 8. The third-order valence-corrected chi connectivity index (χ3v) is 20.7. The Kier molecular flexibility index (Phi) is 19.7. The second-order valence-electron chi connectivity index (χ2n) is 27.6. The SMILES string of the molecule is CC(=O)O[C@H]1C(=O)[C@@]2(C)[C@H]([C@H](OC(=O)c3ccccc3)[C@]3(O)C[C@H](OC(=O)[C@H](O)[C@@H](NC(=O)c4ccccc4)c4ccccc4)C(C)=C1C3(C)C)[C@]1(OC(C)=O)CO[C@@H]1C[C@@H]2O.Cc1cc2c(C(C)C)c(O)c(O)c(C=O)c2c(O)c1-c1c(C)cc2c(C(C)C)c(O)c(O)c(C=O)c2c1O. The van der Waals surface area contributed by atoms with Gasteiger partial charge in [0.05, 0.1) is 46.8 Å². The van der Waals surface area contributed by atoms with Crippen molar-refractivity contribution >= 4 is 69.7 Å². The Labute approximate surface area is 575 Å². The first-order valence-electron chi connectivity index (χ1n) is 32.7. The molecule has 1 amide bonds. The highest BCUT2D eigenvalue weighted by molar-refractivity contribution is 6.14. The first-order valence-corrected chi connectivity index (χ1v) is 32.7. The molecule has 1 aliphatic heterocycles. The molecule has 0 aromatic heterocycles. The fourth-order valence-electron chi connectivity index (χ4n) is 15.8. The lowest BCUT2D eigenvalue weighted by Crippen LogP contribution is -2.82. The highest BCUT2D eigenvalue weighted by atomic mass is 16.6. The molecule has 1 heterocycles. The Morgan fingerprint density at radius 2 is 1.13 bits per heavy atom. The van der Waals surface area contributed by atoms with Crippen LogP contribution >= 0.6 is 0 Å². The van der Waals surface area contributed by atoms with Crippen LogP contribution in [-0.4, -0.2) is 149 Å². The van der Waals surface area contributed by atoms with Crippen LogP contribution in [0.15, 0.2) is 114 Å². The lowest BCUT2D eigenvalue weighted by atomic mass is 9.44. The summed E-state index contributed by atoms with van der Waals surface area (Å²) >= 11 is 0. The third-order valence-electron chi connectivity index (χ3n) is 20.7. The number of carbonyl (C=O) groups excluding carboxylic acids is 8. The molecule has 0 spiro atoms. The molecule has 7 aromatic carbocycles. The molecule has 7 aromatic rings. The molecule has 0 unspecified atom stereocenters. The molecule has 1 saturated heterocycles. The van der Waals surface area contributed by atoms with Crippen molar-refractivity contribution in [2.24, 2.45) is 16.7 Å². The van der Waals surface area contributed by atoms with Crippen LogP contribution in [0, 0.1) is 30.6 Å². The summed E-state index contributed by atoms with van der Waals surface area (Å²) in [6.45, 7) is 18.5. The molecule has 526 valence electrons. The van der Waals surface area contributed by atoms with Gasteiger partial charge in [0.25, 0.3) is 5.91 Å². The van der Waals surface area contributed by atoms with E-state index >= 15 is 4.79 Å². The quantitative estimate of drug-likeness (QED) is 0.0150. The molecular weight excluding hydrogens is 1290 g/mol. The maximum atomic E-state index is 15.5. The molecular formula is C77H81NO22. The Morgan fingerprint density at radius 1 is 0.650 bits per heavy atom. The van der Waals surface area contributed by atoms with Gasteiger partial charge in [-0.15, -0.1) is 0 Å². The number of hydrogen-bond donors (Lipinski definition) is 10. The van der Waals surface area contributed by atoms with E-state index < -0.39 is 147 Å². The van der Waals surface area contributed by atoms with E-state index in [2.05, 4.69) is 5.32 Å². The van der Waals surface area contributed by atoms with E-state index in [1.807, 2.05) is 0 Å². The number of amides is 1. The fourth-order valence-corrected chi connectivity index (χ4v) is 15.8. The van der Waals surface area contributed by atoms with Crippen molar-refractivity contribution in [3.05, 3.63) is 164 Å². The van der Waals surface area contributed by atoms with Crippen LogP contribution in [0.4, 0.5) is 0 Å². The number of fused-ring (bicyclic) bond motifs is 7. The van der Waals surface area contributed by atoms with Gasteiger partial charge in [-0.2, -0.15) is 0 Å². The minimum atomic E-state index is -2.39. The van der Waals surface area contributed by atoms with Crippen molar-refractivity contribution in [3.63, 3.8) is 0 Å². The van der Waals surface area contributed by atoms with E-state index in [0.29, 0.717) is 51.2 Å². The van der Waals surface area contributed by atoms with Crippen LogP contribution in [0.2, 0.25) is 0 Å². The van der Waals surface area contributed by atoms with E-state index in [9.17, 15) is 79.5 Å². The van der Waals surface area contributed by atoms with Crippen molar-refractivity contribution in [1.82, 2.24) is 5.32 Å². The predicted molar refractivity (Wildman–Crippen MR) is 363 cm³/mol. The number of esters is 4. The molecule has 100 heavy (non-hydrogen) atoms. The van der Waals surface area contributed by atoms with Gasteiger partial charge in [-0.3, -0.25) is 28.8 Å². The highest BCUT2D eigenvalue weighted by Crippen LogP contribution is 2.65. The average molecular weight is 1370 g/mol. The number of hydrogen-bond acceptors (Lipinski definition) is 22. The Hall–Kier alpha value is -10.2. The lowest BCUT2D eigenvalue weighted by Gasteiger charge is -2.67. The second-order valence-corrected chi connectivity index (χ2v) is 27.6. The molecule has 11 rings (SSSR count). The number of phenols is 6. The minimum Gasteiger partial charge on any atom is -0.507 e. The number of aromatic hydroxyl groups is 6. The average Bonchev–Trinajstić information content (AvgIpc) is 0.669. The number of benzene rings is 7. The lowest BCUT2D eigenvalue weighted by molar-refractivity contribution is -0.346.